The fourth-order valence-corrected chi connectivity index (χ4v) is 1.21. The predicted molar refractivity (Wildman–Crippen MR) is 46.1 cm³/mol. The van der Waals surface area contributed by atoms with Crippen molar-refractivity contribution in [3.8, 4) is 0 Å². The lowest BCUT2D eigenvalue weighted by molar-refractivity contribution is 0.108. The van der Waals surface area contributed by atoms with E-state index in [4.69, 9.17) is 11.6 Å². The fraction of sp³-hybridized carbons (Fsp3) is 0.222. The number of halogens is 2. The standard InChI is InChI=1S/C9H8ClFO/c1-5-6(2)8(11)4-3-7(5)9(10)12/h3-4H,1-2H3. The number of hydrogen-bond donors (Lipinski definition) is 0. The molecule has 0 aromatic heterocycles. The van der Waals surface area contributed by atoms with Crippen molar-refractivity contribution >= 4 is 16.8 Å². The first-order valence-corrected chi connectivity index (χ1v) is 3.87. The maximum Gasteiger partial charge on any atom is 0.252 e. The summed E-state index contributed by atoms with van der Waals surface area (Å²) >= 11 is 5.27. The Bertz CT molecular complexity index is 334. The zero-order chi connectivity index (χ0) is 9.30. The van der Waals surface area contributed by atoms with Crippen LogP contribution >= 0.6 is 11.6 Å². The monoisotopic (exact) mass is 186 g/mol. The highest BCUT2D eigenvalue weighted by Gasteiger charge is 2.09. The number of rotatable bonds is 1. The van der Waals surface area contributed by atoms with Crippen LogP contribution in [0.2, 0.25) is 0 Å². The Morgan fingerprint density at radius 1 is 1.33 bits per heavy atom. The average Bonchev–Trinajstić information content (AvgIpc) is 2.00. The van der Waals surface area contributed by atoms with Crippen LogP contribution in [0.15, 0.2) is 12.1 Å². The fourth-order valence-electron chi connectivity index (χ4n) is 1.00. The van der Waals surface area contributed by atoms with E-state index in [-0.39, 0.29) is 5.82 Å². The molecule has 3 heteroatoms. The molecule has 64 valence electrons. The Morgan fingerprint density at radius 3 is 2.42 bits per heavy atom. The number of hydrogen-bond acceptors (Lipinski definition) is 1. The second-order valence-corrected chi connectivity index (χ2v) is 2.96. The van der Waals surface area contributed by atoms with Crippen LogP contribution in [0.1, 0.15) is 21.5 Å². The molecule has 0 aliphatic rings. The van der Waals surface area contributed by atoms with Crippen LogP contribution < -0.4 is 0 Å². The molecule has 1 aromatic rings. The van der Waals surface area contributed by atoms with Gasteiger partial charge in [0.25, 0.3) is 5.24 Å². The molecule has 0 radical (unpaired) electrons. The molecular formula is C9H8ClFO. The van der Waals surface area contributed by atoms with Gasteiger partial charge in [0.1, 0.15) is 5.82 Å². The van der Waals surface area contributed by atoms with Gasteiger partial charge in [-0.1, -0.05) is 0 Å². The van der Waals surface area contributed by atoms with Crippen molar-refractivity contribution in [2.75, 3.05) is 0 Å². The van der Waals surface area contributed by atoms with E-state index in [9.17, 15) is 9.18 Å². The van der Waals surface area contributed by atoms with Gasteiger partial charge in [0.05, 0.1) is 0 Å². The summed E-state index contributed by atoms with van der Waals surface area (Å²) in [5.41, 5.74) is 1.45. The molecule has 0 fully saturated rings. The zero-order valence-corrected chi connectivity index (χ0v) is 7.57. The summed E-state index contributed by atoms with van der Waals surface area (Å²) in [5, 5.41) is -0.546. The van der Waals surface area contributed by atoms with Crippen molar-refractivity contribution in [2.24, 2.45) is 0 Å². The summed E-state index contributed by atoms with van der Waals surface area (Å²) in [7, 11) is 0. The van der Waals surface area contributed by atoms with Crippen LogP contribution in [-0.4, -0.2) is 5.24 Å². The molecule has 0 unspecified atom stereocenters. The minimum absolute atomic E-state index is 0.311. The lowest BCUT2D eigenvalue weighted by atomic mass is 10.0. The van der Waals surface area contributed by atoms with Gasteiger partial charge < -0.3 is 0 Å². The van der Waals surface area contributed by atoms with E-state index in [1.54, 1.807) is 13.8 Å². The summed E-state index contributed by atoms with van der Waals surface area (Å²) in [5.74, 6) is -0.311. The molecule has 0 aliphatic heterocycles. The van der Waals surface area contributed by atoms with Gasteiger partial charge in [-0.25, -0.2) is 4.39 Å². The molecule has 0 heterocycles. The van der Waals surface area contributed by atoms with Crippen LogP contribution in [0.25, 0.3) is 0 Å². The van der Waals surface area contributed by atoms with E-state index in [2.05, 4.69) is 0 Å². The second-order valence-electron chi connectivity index (χ2n) is 2.62. The van der Waals surface area contributed by atoms with Crippen molar-refractivity contribution in [3.63, 3.8) is 0 Å². The molecule has 12 heavy (non-hydrogen) atoms. The summed E-state index contributed by atoms with van der Waals surface area (Å²) < 4.78 is 12.9. The molecule has 0 N–H and O–H groups in total. The summed E-state index contributed by atoms with van der Waals surface area (Å²) in [4.78, 5) is 10.8. The summed E-state index contributed by atoms with van der Waals surface area (Å²) in [6.45, 7) is 3.29. The molecule has 1 aromatic carbocycles. The van der Waals surface area contributed by atoms with Gasteiger partial charge in [0.15, 0.2) is 0 Å². The molecule has 0 saturated heterocycles. The maximum absolute atomic E-state index is 12.9. The third kappa shape index (κ3) is 1.48. The lowest BCUT2D eigenvalue weighted by Gasteiger charge is -2.04. The SMILES string of the molecule is Cc1c(F)ccc(C(=O)Cl)c1C. The first kappa shape index (κ1) is 9.20. The smallest absolute Gasteiger partial charge is 0.252 e. The van der Waals surface area contributed by atoms with Gasteiger partial charge in [-0.05, 0) is 48.7 Å². The van der Waals surface area contributed by atoms with Gasteiger partial charge in [-0.3, -0.25) is 4.79 Å². The largest absolute Gasteiger partial charge is 0.276 e. The van der Waals surface area contributed by atoms with Crippen LogP contribution in [0, 0.1) is 19.7 Å². The van der Waals surface area contributed by atoms with Crippen LogP contribution in [-0.2, 0) is 0 Å². The van der Waals surface area contributed by atoms with Gasteiger partial charge in [0, 0.05) is 5.56 Å². The van der Waals surface area contributed by atoms with Crippen molar-refractivity contribution in [1.82, 2.24) is 0 Å². The van der Waals surface area contributed by atoms with Crippen LogP contribution in [0.3, 0.4) is 0 Å². The summed E-state index contributed by atoms with van der Waals surface area (Å²) in [6.07, 6.45) is 0. The van der Waals surface area contributed by atoms with Crippen LogP contribution in [0.4, 0.5) is 4.39 Å². The highest BCUT2D eigenvalue weighted by atomic mass is 35.5. The van der Waals surface area contributed by atoms with E-state index in [1.807, 2.05) is 0 Å². The molecule has 0 spiro atoms. The first-order valence-electron chi connectivity index (χ1n) is 3.49. The Hall–Kier alpha value is -0.890. The normalized spacial score (nSPS) is 10.0. The average molecular weight is 187 g/mol. The topological polar surface area (TPSA) is 17.1 Å². The van der Waals surface area contributed by atoms with Crippen LogP contribution in [0.5, 0.6) is 0 Å². The van der Waals surface area contributed by atoms with Crippen molar-refractivity contribution < 1.29 is 9.18 Å². The van der Waals surface area contributed by atoms with Crippen molar-refractivity contribution in [1.29, 1.82) is 0 Å². The first-order chi connectivity index (χ1) is 5.54. The number of carbonyl (C=O) groups excluding carboxylic acids is 1. The Labute approximate surface area is 75.2 Å². The predicted octanol–water partition coefficient (Wildman–Crippen LogP) is 2.82. The molecule has 0 bridgehead atoms. The van der Waals surface area contributed by atoms with Gasteiger partial charge in [-0.15, -0.1) is 0 Å². The van der Waals surface area contributed by atoms with E-state index >= 15 is 0 Å². The van der Waals surface area contributed by atoms with Gasteiger partial charge >= 0.3 is 0 Å². The Kier molecular flexibility index (Phi) is 2.48. The lowest BCUT2D eigenvalue weighted by Crippen LogP contribution is -1.97. The van der Waals surface area contributed by atoms with Gasteiger partial charge in [0.2, 0.25) is 0 Å². The Morgan fingerprint density at radius 2 is 1.92 bits per heavy atom. The third-order valence-electron chi connectivity index (χ3n) is 1.93. The highest BCUT2D eigenvalue weighted by molar-refractivity contribution is 6.67. The van der Waals surface area contributed by atoms with E-state index in [0.29, 0.717) is 16.7 Å². The third-order valence-corrected chi connectivity index (χ3v) is 2.14. The minimum Gasteiger partial charge on any atom is -0.276 e. The molecule has 1 nitrogen and oxygen atoms in total. The molecule has 1 rings (SSSR count). The van der Waals surface area contributed by atoms with Gasteiger partial charge in [-0.2, -0.15) is 0 Å². The quantitative estimate of drug-likeness (QED) is 0.617. The Balaban J connectivity index is 3.36. The van der Waals surface area contributed by atoms with Crippen molar-refractivity contribution in [2.45, 2.75) is 13.8 Å². The van der Waals surface area contributed by atoms with E-state index in [0.717, 1.165) is 0 Å². The molecule has 0 atom stereocenters. The molecular weight excluding hydrogens is 179 g/mol. The highest BCUT2D eigenvalue weighted by Crippen LogP contribution is 2.17. The summed E-state index contributed by atoms with van der Waals surface area (Å²) in [6, 6.07) is 2.64. The maximum atomic E-state index is 12.9. The van der Waals surface area contributed by atoms with E-state index in [1.165, 1.54) is 12.1 Å². The number of carbonyl (C=O) groups is 1. The number of benzene rings is 1. The zero-order valence-electron chi connectivity index (χ0n) is 6.82. The minimum atomic E-state index is -0.546. The molecule has 0 aliphatic carbocycles. The van der Waals surface area contributed by atoms with E-state index < -0.39 is 5.24 Å². The molecule has 0 saturated carbocycles. The van der Waals surface area contributed by atoms with Crippen molar-refractivity contribution in [3.05, 3.63) is 34.6 Å². The second kappa shape index (κ2) is 3.23. The molecule has 0 amide bonds.